The van der Waals surface area contributed by atoms with E-state index in [9.17, 15) is 4.79 Å². The molecule has 94 valence electrons. The van der Waals surface area contributed by atoms with Gasteiger partial charge in [-0.05, 0) is 45.2 Å². The molecule has 2 rings (SSSR count). The van der Waals surface area contributed by atoms with Crippen molar-refractivity contribution in [1.29, 1.82) is 0 Å². The first-order valence-electron chi connectivity index (χ1n) is 6.77. The molecule has 2 aliphatic heterocycles. The zero-order valence-corrected chi connectivity index (χ0v) is 11.0. The molecule has 0 aromatic carbocycles. The van der Waals surface area contributed by atoms with E-state index in [4.69, 9.17) is 0 Å². The number of hydrogen-bond donors (Lipinski definition) is 0. The normalized spacial score (nSPS) is 27.8. The third-order valence-electron chi connectivity index (χ3n) is 3.84. The second-order valence-electron chi connectivity index (χ2n) is 5.39. The Morgan fingerprint density at radius 3 is 3.12 bits per heavy atom. The lowest BCUT2D eigenvalue weighted by Crippen LogP contribution is -2.43. The maximum absolute atomic E-state index is 10.9. The molecule has 0 aromatic rings. The predicted octanol–water partition coefficient (Wildman–Crippen LogP) is 3.10. The van der Waals surface area contributed by atoms with Gasteiger partial charge in [0, 0.05) is 19.0 Å². The molecule has 2 aliphatic rings. The quantitative estimate of drug-likeness (QED) is 0.746. The first-order valence-corrected chi connectivity index (χ1v) is 6.77. The fraction of sp³-hybridized carbons (Fsp3) is 0.667. The lowest BCUT2D eigenvalue weighted by atomic mass is 9.90. The zero-order valence-electron chi connectivity index (χ0n) is 11.0. The summed E-state index contributed by atoms with van der Waals surface area (Å²) in [5, 5.41) is 0. The van der Waals surface area contributed by atoms with Gasteiger partial charge >= 0.3 is 0 Å². The van der Waals surface area contributed by atoms with Gasteiger partial charge in [-0.15, -0.1) is 0 Å². The Morgan fingerprint density at radius 2 is 2.35 bits per heavy atom. The molecule has 2 nitrogen and oxygen atoms in total. The third-order valence-corrected chi connectivity index (χ3v) is 3.84. The molecular weight excluding hydrogens is 210 g/mol. The largest absolute Gasteiger partial charge is 0.300 e. The fourth-order valence-electron chi connectivity index (χ4n) is 2.95. The molecule has 0 radical (unpaired) electrons. The van der Waals surface area contributed by atoms with Gasteiger partial charge in [0.15, 0.2) is 0 Å². The van der Waals surface area contributed by atoms with Crippen LogP contribution in [0.4, 0.5) is 0 Å². The summed E-state index contributed by atoms with van der Waals surface area (Å²) in [5.41, 5.74) is 2.91. The summed E-state index contributed by atoms with van der Waals surface area (Å²) in [6, 6.07) is 0.689. The molecule has 0 amide bonds. The van der Waals surface area contributed by atoms with E-state index in [-0.39, 0.29) is 5.78 Å². The van der Waals surface area contributed by atoms with Crippen LogP contribution in [0.15, 0.2) is 23.3 Å². The van der Waals surface area contributed by atoms with Gasteiger partial charge in [-0.25, -0.2) is 0 Å². The van der Waals surface area contributed by atoms with Crippen LogP contribution in [0.2, 0.25) is 0 Å². The average Bonchev–Trinajstić information content (AvgIpc) is 2.28. The van der Waals surface area contributed by atoms with Crippen LogP contribution in [-0.2, 0) is 4.79 Å². The van der Waals surface area contributed by atoms with E-state index in [0.717, 1.165) is 13.0 Å². The highest BCUT2D eigenvalue weighted by Gasteiger charge is 2.26. The van der Waals surface area contributed by atoms with Crippen LogP contribution in [0, 0.1) is 0 Å². The summed E-state index contributed by atoms with van der Waals surface area (Å²) in [6.07, 6.45) is 10.2. The van der Waals surface area contributed by atoms with Crippen LogP contribution in [0.3, 0.4) is 0 Å². The molecule has 0 aliphatic carbocycles. The maximum Gasteiger partial charge on any atom is 0.130 e. The minimum atomic E-state index is 0.286. The molecule has 1 saturated heterocycles. The van der Waals surface area contributed by atoms with E-state index < -0.39 is 0 Å². The molecule has 0 bridgehead atoms. The molecule has 1 fully saturated rings. The average molecular weight is 233 g/mol. The highest BCUT2D eigenvalue weighted by atomic mass is 16.1. The Hall–Kier alpha value is -0.890. The summed E-state index contributed by atoms with van der Waals surface area (Å²) < 4.78 is 0. The van der Waals surface area contributed by atoms with E-state index in [1.165, 1.54) is 37.0 Å². The third kappa shape index (κ3) is 3.29. The van der Waals surface area contributed by atoms with Crippen LogP contribution >= 0.6 is 0 Å². The topological polar surface area (TPSA) is 20.3 Å². The van der Waals surface area contributed by atoms with Crippen LogP contribution in [0.1, 0.15) is 46.0 Å². The number of fused-ring (bicyclic) bond motifs is 1. The summed E-state index contributed by atoms with van der Waals surface area (Å²) in [4.78, 5) is 13.5. The van der Waals surface area contributed by atoms with Crippen molar-refractivity contribution in [3.8, 4) is 0 Å². The summed E-state index contributed by atoms with van der Waals surface area (Å²) in [7, 11) is 0. The van der Waals surface area contributed by atoms with Gasteiger partial charge in [0.05, 0.1) is 0 Å². The van der Waals surface area contributed by atoms with E-state index >= 15 is 0 Å². The lowest BCUT2D eigenvalue weighted by molar-refractivity contribution is -0.116. The summed E-state index contributed by atoms with van der Waals surface area (Å²) in [6.45, 7) is 6.24. The van der Waals surface area contributed by atoms with Crippen LogP contribution in [0.5, 0.6) is 0 Å². The van der Waals surface area contributed by atoms with Crippen molar-refractivity contribution >= 4 is 5.78 Å². The molecule has 0 saturated carbocycles. The van der Waals surface area contributed by atoms with Crippen LogP contribution in [-0.4, -0.2) is 29.8 Å². The molecule has 1 atom stereocenters. The maximum atomic E-state index is 10.9. The van der Waals surface area contributed by atoms with Gasteiger partial charge in [0.2, 0.25) is 0 Å². The minimum absolute atomic E-state index is 0.286. The van der Waals surface area contributed by atoms with Gasteiger partial charge < -0.3 is 4.79 Å². The van der Waals surface area contributed by atoms with Crippen molar-refractivity contribution < 1.29 is 4.79 Å². The van der Waals surface area contributed by atoms with Crippen molar-refractivity contribution in [2.24, 2.45) is 0 Å². The van der Waals surface area contributed by atoms with Crippen molar-refractivity contribution in [3.63, 3.8) is 0 Å². The van der Waals surface area contributed by atoms with Crippen molar-refractivity contribution in [3.05, 3.63) is 23.3 Å². The number of ketones is 1. The Morgan fingerprint density at radius 1 is 1.53 bits per heavy atom. The smallest absolute Gasteiger partial charge is 0.130 e. The number of nitrogens with zero attached hydrogens (tertiary/aromatic N) is 1. The summed E-state index contributed by atoms with van der Waals surface area (Å²) >= 11 is 0. The molecule has 2 heterocycles. The highest BCUT2D eigenvalue weighted by molar-refractivity contribution is 5.75. The van der Waals surface area contributed by atoms with E-state index in [2.05, 4.69) is 24.0 Å². The van der Waals surface area contributed by atoms with Gasteiger partial charge in [-0.3, -0.25) is 4.90 Å². The molecule has 0 spiro atoms. The lowest BCUT2D eigenvalue weighted by Gasteiger charge is -2.39. The number of Topliss-reactive ketones (excluding diaryl/α,β-unsaturated/α-hetero) is 1. The SMILES string of the molecule is CC(=O)CC/C=C1/C=C(C)[C@@H]2CCCCN2C1. The van der Waals surface area contributed by atoms with Gasteiger partial charge in [-0.1, -0.05) is 24.1 Å². The Kier molecular flexibility index (Phi) is 4.16. The standard InChI is InChI=1S/C15H23NO/c1-12-10-14(7-5-6-13(2)17)11-16-9-4-3-8-15(12)16/h7,10,15H,3-6,8-9,11H2,1-2H3/b14-7-/t15-/m0/s1. The number of piperidine rings is 1. The number of carbonyl (C=O) groups is 1. The highest BCUT2D eigenvalue weighted by Crippen LogP contribution is 2.28. The second kappa shape index (κ2) is 5.63. The van der Waals surface area contributed by atoms with Crippen molar-refractivity contribution in [1.82, 2.24) is 4.90 Å². The van der Waals surface area contributed by atoms with Gasteiger partial charge in [0.25, 0.3) is 0 Å². The monoisotopic (exact) mass is 233 g/mol. The van der Waals surface area contributed by atoms with Crippen molar-refractivity contribution in [2.45, 2.75) is 52.0 Å². The molecule has 0 N–H and O–H groups in total. The number of carbonyl (C=O) groups excluding carboxylic acids is 1. The predicted molar refractivity (Wildman–Crippen MR) is 71.0 cm³/mol. The van der Waals surface area contributed by atoms with E-state index in [1.54, 1.807) is 6.92 Å². The van der Waals surface area contributed by atoms with E-state index in [1.807, 2.05) is 0 Å². The molecule has 0 unspecified atom stereocenters. The Bertz CT molecular complexity index is 354. The second-order valence-corrected chi connectivity index (χ2v) is 5.39. The minimum Gasteiger partial charge on any atom is -0.300 e. The molecule has 0 aromatic heterocycles. The Labute approximate surface area is 104 Å². The molecule has 17 heavy (non-hydrogen) atoms. The zero-order chi connectivity index (χ0) is 12.3. The number of allylic oxidation sites excluding steroid dienone is 1. The van der Waals surface area contributed by atoms with E-state index in [0.29, 0.717) is 12.5 Å². The summed E-state index contributed by atoms with van der Waals surface area (Å²) in [5.74, 6) is 0.286. The number of rotatable bonds is 3. The molecular formula is C15H23NO. The van der Waals surface area contributed by atoms with Crippen LogP contribution in [0.25, 0.3) is 0 Å². The first kappa shape index (κ1) is 12.6. The van der Waals surface area contributed by atoms with Crippen LogP contribution < -0.4 is 0 Å². The Balaban J connectivity index is 2.00. The van der Waals surface area contributed by atoms with Gasteiger partial charge in [-0.2, -0.15) is 0 Å². The molecule has 2 heteroatoms. The van der Waals surface area contributed by atoms with Gasteiger partial charge in [0.1, 0.15) is 5.78 Å². The first-order chi connectivity index (χ1) is 8.16. The van der Waals surface area contributed by atoms with Crippen molar-refractivity contribution in [2.75, 3.05) is 13.1 Å². The number of hydrogen-bond acceptors (Lipinski definition) is 2. The fourth-order valence-corrected chi connectivity index (χ4v) is 2.95.